The number of nitrogens with one attached hydrogen (secondary N) is 1. The maximum Gasteiger partial charge on any atom is 0.287 e. The average Bonchev–Trinajstić information content (AvgIpc) is 2.74. The van der Waals surface area contributed by atoms with Crippen LogP contribution < -0.4 is 14.9 Å². The van der Waals surface area contributed by atoms with Crippen molar-refractivity contribution in [2.75, 3.05) is 12.0 Å². The molecule has 0 aliphatic carbocycles. The predicted octanol–water partition coefficient (Wildman–Crippen LogP) is 5.07. The van der Waals surface area contributed by atoms with Gasteiger partial charge in [-0.05, 0) is 36.2 Å². The minimum Gasteiger partial charge on any atom is -0.490 e. The van der Waals surface area contributed by atoms with Crippen LogP contribution in [0.15, 0.2) is 65.9 Å². The Kier molecular flexibility index (Phi) is 7.18. The molecular weight excluding hydrogens is 408 g/mol. The van der Waals surface area contributed by atoms with E-state index in [1.165, 1.54) is 12.1 Å². The Morgan fingerprint density at radius 3 is 2.67 bits per heavy atom. The maximum atomic E-state index is 10.7. The van der Waals surface area contributed by atoms with Gasteiger partial charge in [-0.15, -0.1) is 0 Å². The highest BCUT2D eigenvalue weighted by Crippen LogP contribution is 2.37. The third-order valence-corrected chi connectivity index (χ3v) is 4.19. The SMILES string of the molecule is CCOc1cc(/C=N\Nc2ccc([N+](=O)[O-])cn2)cc(Cl)c1OCc1ccccc1. The zero-order chi connectivity index (χ0) is 21.3. The van der Waals surface area contributed by atoms with Crippen LogP contribution in [0, 0.1) is 10.1 Å². The lowest BCUT2D eigenvalue weighted by atomic mass is 10.2. The van der Waals surface area contributed by atoms with Gasteiger partial charge in [0.25, 0.3) is 5.69 Å². The first-order valence-corrected chi connectivity index (χ1v) is 9.47. The fraction of sp³-hybridized carbons (Fsp3) is 0.143. The topological polar surface area (TPSA) is 98.9 Å². The first-order valence-electron chi connectivity index (χ1n) is 9.09. The van der Waals surface area contributed by atoms with Crippen molar-refractivity contribution in [1.29, 1.82) is 0 Å². The van der Waals surface area contributed by atoms with E-state index in [1.54, 1.807) is 18.3 Å². The number of nitrogens with zero attached hydrogens (tertiary/aromatic N) is 3. The molecule has 0 amide bonds. The Labute approximate surface area is 178 Å². The molecule has 0 saturated carbocycles. The molecule has 8 nitrogen and oxygen atoms in total. The van der Waals surface area contributed by atoms with E-state index in [1.807, 2.05) is 37.3 Å². The lowest BCUT2D eigenvalue weighted by Crippen LogP contribution is -2.01. The van der Waals surface area contributed by atoms with Gasteiger partial charge in [-0.3, -0.25) is 15.5 Å². The van der Waals surface area contributed by atoms with Crippen molar-refractivity contribution < 1.29 is 14.4 Å². The Morgan fingerprint density at radius 2 is 2.00 bits per heavy atom. The first-order chi connectivity index (χ1) is 14.6. The number of hydrogen-bond donors (Lipinski definition) is 1. The first kappa shape index (κ1) is 21.1. The summed E-state index contributed by atoms with van der Waals surface area (Å²) in [4.78, 5) is 14.1. The molecule has 0 unspecified atom stereocenters. The van der Waals surface area contributed by atoms with E-state index in [9.17, 15) is 10.1 Å². The molecular formula is C21H19ClN4O4. The van der Waals surface area contributed by atoms with Gasteiger partial charge in [-0.1, -0.05) is 41.9 Å². The fourth-order valence-electron chi connectivity index (χ4n) is 2.53. The van der Waals surface area contributed by atoms with Crippen LogP contribution in [-0.2, 0) is 6.61 Å². The number of anilines is 1. The van der Waals surface area contributed by atoms with Crippen molar-refractivity contribution in [2.24, 2.45) is 5.10 Å². The summed E-state index contributed by atoms with van der Waals surface area (Å²) in [6.07, 6.45) is 2.69. The van der Waals surface area contributed by atoms with Gasteiger partial charge in [0.05, 0.1) is 22.8 Å². The lowest BCUT2D eigenvalue weighted by molar-refractivity contribution is -0.385. The van der Waals surface area contributed by atoms with Crippen LogP contribution in [0.2, 0.25) is 5.02 Å². The second kappa shape index (κ2) is 10.2. The molecule has 3 aromatic rings. The number of hydrazone groups is 1. The Bertz CT molecular complexity index is 1030. The predicted molar refractivity (Wildman–Crippen MR) is 116 cm³/mol. The molecule has 0 aliphatic rings. The normalized spacial score (nSPS) is 10.7. The van der Waals surface area contributed by atoms with E-state index >= 15 is 0 Å². The highest BCUT2D eigenvalue weighted by molar-refractivity contribution is 6.32. The maximum absolute atomic E-state index is 10.7. The average molecular weight is 427 g/mol. The Morgan fingerprint density at radius 1 is 1.20 bits per heavy atom. The molecule has 0 saturated heterocycles. The van der Waals surface area contributed by atoms with Crippen LogP contribution in [0.4, 0.5) is 11.5 Å². The smallest absolute Gasteiger partial charge is 0.287 e. The van der Waals surface area contributed by atoms with Crippen molar-refractivity contribution in [1.82, 2.24) is 4.98 Å². The van der Waals surface area contributed by atoms with Crippen molar-refractivity contribution in [3.05, 3.63) is 87.1 Å². The molecule has 0 aliphatic heterocycles. The van der Waals surface area contributed by atoms with Crippen LogP contribution in [0.5, 0.6) is 11.5 Å². The minimum absolute atomic E-state index is 0.0937. The van der Waals surface area contributed by atoms with Gasteiger partial charge in [-0.25, -0.2) is 4.98 Å². The summed E-state index contributed by atoms with van der Waals surface area (Å²) >= 11 is 6.42. The van der Waals surface area contributed by atoms with Crippen molar-refractivity contribution in [2.45, 2.75) is 13.5 Å². The van der Waals surface area contributed by atoms with Crippen LogP contribution in [0.25, 0.3) is 0 Å². The number of ether oxygens (including phenoxy) is 2. The van der Waals surface area contributed by atoms with E-state index in [0.29, 0.717) is 41.1 Å². The summed E-state index contributed by atoms with van der Waals surface area (Å²) in [5, 5.41) is 15.1. The number of hydrogen-bond acceptors (Lipinski definition) is 7. The highest BCUT2D eigenvalue weighted by Gasteiger charge is 2.12. The molecule has 0 spiro atoms. The number of halogens is 1. The van der Waals surface area contributed by atoms with Gasteiger partial charge in [0.15, 0.2) is 11.5 Å². The molecule has 0 fully saturated rings. The van der Waals surface area contributed by atoms with Crippen LogP contribution in [0.1, 0.15) is 18.1 Å². The number of pyridine rings is 1. The molecule has 1 N–H and O–H groups in total. The summed E-state index contributed by atoms with van der Waals surface area (Å²) in [5.41, 5.74) is 4.32. The van der Waals surface area contributed by atoms with Crippen molar-refractivity contribution in [3.8, 4) is 11.5 Å². The van der Waals surface area contributed by atoms with Crippen molar-refractivity contribution >= 4 is 29.3 Å². The summed E-state index contributed by atoms with van der Waals surface area (Å²) < 4.78 is 11.6. The van der Waals surface area contributed by atoms with E-state index in [4.69, 9.17) is 21.1 Å². The third kappa shape index (κ3) is 5.68. The zero-order valence-corrected chi connectivity index (χ0v) is 16.9. The molecule has 154 valence electrons. The van der Waals surface area contributed by atoms with E-state index in [0.717, 1.165) is 11.8 Å². The lowest BCUT2D eigenvalue weighted by Gasteiger charge is -2.14. The minimum atomic E-state index is -0.515. The number of aromatic nitrogens is 1. The van der Waals surface area contributed by atoms with Gasteiger partial charge in [0.1, 0.15) is 18.6 Å². The molecule has 30 heavy (non-hydrogen) atoms. The van der Waals surface area contributed by atoms with Gasteiger partial charge in [0.2, 0.25) is 0 Å². The summed E-state index contributed by atoms with van der Waals surface area (Å²) in [7, 11) is 0. The Balaban J connectivity index is 1.71. The number of rotatable bonds is 9. The second-order valence-electron chi connectivity index (χ2n) is 6.07. The number of nitro groups is 1. The molecule has 2 aromatic carbocycles. The summed E-state index contributed by atoms with van der Waals surface area (Å²) in [6, 6.07) is 16.0. The largest absolute Gasteiger partial charge is 0.490 e. The molecule has 1 aromatic heterocycles. The standard InChI is InChI=1S/C21H19ClN4O4/c1-2-29-19-11-16(12-24-25-20-9-8-17(13-23-20)26(27)28)10-18(22)21(19)30-14-15-6-4-3-5-7-15/h3-13H,2,14H2,1H3,(H,23,25)/b24-12-. The van der Waals surface area contributed by atoms with Crippen LogP contribution >= 0.6 is 11.6 Å². The van der Waals surface area contributed by atoms with E-state index in [2.05, 4.69) is 15.5 Å². The monoisotopic (exact) mass is 426 g/mol. The molecule has 0 atom stereocenters. The zero-order valence-electron chi connectivity index (χ0n) is 16.1. The quantitative estimate of drug-likeness (QED) is 0.291. The number of benzene rings is 2. The third-order valence-electron chi connectivity index (χ3n) is 3.91. The molecule has 0 radical (unpaired) electrons. The van der Waals surface area contributed by atoms with E-state index < -0.39 is 4.92 Å². The van der Waals surface area contributed by atoms with Crippen LogP contribution in [-0.4, -0.2) is 22.7 Å². The molecule has 9 heteroatoms. The van der Waals surface area contributed by atoms with Gasteiger partial charge < -0.3 is 9.47 Å². The summed E-state index contributed by atoms with van der Waals surface area (Å²) in [6.45, 7) is 2.68. The Hall–Kier alpha value is -3.65. The molecule has 1 heterocycles. The fourth-order valence-corrected chi connectivity index (χ4v) is 2.80. The second-order valence-corrected chi connectivity index (χ2v) is 6.47. The molecule has 3 rings (SSSR count). The molecule has 0 bridgehead atoms. The van der Waals surface area contributed by atoms with Gasteiger partial charge in [-0.2, -0.15) is 5.10 Å². The van der Waals surface area contributed by atoms with Gasteiger partial charge in [0, 0.05) is 6.07 Å². The van der Waals surface area contributed by atoms with E-state index in [-0.39, 0.29) is 5.69 Å². The highest BCUT2D eigenvalue weighted by atomic mass is 35.5. The summed E-state index contributed by atoms with van der Waals surface area (Å²) in [5.74, 6) is 1.34. The van der Waals surface area contributed by atoms with Gasteiger partial charge >= 0.3 is 0 Å². The van der Waals surface area contributed by atoms with Crippen molar-refractivity contribution in [3.63, 3.8) is 0 Å². The van der Waals surface area contributed by atoms with Crippen LogP contribution in [0.3, 0.4) is 0 Å².